The van der Waals surface area contributed by atoms with Crippen molar-refractivity contribution in [2.45, 2.75) is 64.3 Å². The maximum atomic E-state index is 13.9. The molecule has 2 N–H and O–H groups in total. The molecule has 3 saturated carbocycles. The van der Waals surface area contributed by atoms with Crippen LogP contribution in [0.2, 0.25) is 0 Å². The zero-order chi connectivity index (χ0) is 14.7. The Bertz CT molecular complexity index is 508. The van der Waals surface area contributed by atoms with Crippen LogP contribution in [0, 0.1) is 22.7 Å². The minimum atomic E-state index is -0.237. The lowest BCUT2D eigenvalue weighted by molar-refractivity contribution is 0.0541. The second-order valence-corrected chi connectivity index (χ2v) is 8.18. The van der Waals surface area contributed by atoms with Crippen LogP contribution >= 0.6 is 0 Å². The topological polar surface area (TPSA) is 26.0 Å². The van der Waals surface area contributed by atoms with Crippen LogP contribution in [-0.2, 0) is 0 Å². The summed E-state index contributed by atoms with van der Waals surface area (Å²) in [6.45, 7) is 2.25. The first-order chi connectivity index (χ1) is 10.1. The van der Waals surface area contributed by atoms with E-state index >= 15 is 0 Å². The molecule has 0 aromatic heterocycles. The zero-order valence-corrected chi connectivity index (χ0v) is 13.2. The van der Waals surface area contributed by atoms with Crippen molar-refractivity contribution in [3.8, 4) is 0 Å². The Morgan fingerprint density at radius 2 is 2.00 bits per heavy atom. The molecule has 2 heteroatoms. The Morgan fingerprint density at radius 1 is 1.14 bits per heavy atom. The summed E-state index contributed by atoms with van der Waals surface area (Å²) in [5.74, 6) is 1.07. The fraction of sp³-hybridized carbons (Fsp3) is 0.789. The van der Waals surface area contributed by atoms with Gasteiger partial charge in [0.25, 0.3) is 0 Å². The van der Waals surface area contributed by atoms with Gasteiger partial charge in [0.2, 0.25) is 0 Å². The summed E-state index contributed by atoms with van der Waals surface area (Å²) >= 11 is 0. The Labute approximate surface area is 127 Å². The lowest BCUT2D eigenvalue weighted by Gasteiger charge is -2.54. The number of alkyl halides is 1. The van der Waals surface area contributed by atoms with Gasteiger partial charge in [0, 0.05) is 11.5 Å². The van der Waals surface area contributed by atoms with Crippen molar-refractivity contribution >= 4 is 0 Å². The van der Waals surface area contributed by atoms with Gasteiger partial charge in [-0.25, -0.2) is 0 Å². The van der Waals surface area contributed by atoms with Gasteiger partial charge in [-0.1, -0.05) is 36.6 Å². The number of nitrogens with two attached hydrogens (primary N) is 1. The summed E-state index contributed by atoms with van der Waals surface area (Å²) in [4.78, 5) is 0. The molecule has 5 atom stereocenters. The van der Waals surface area contributed by atoms with Crippen molar-refractivity contribution in [2.24, 2.45) is 28.4 Å². The molecule has 0 heterocycles. The number of hydrogen-bond acceptors (Lipinski definition) is 1. The van der Waals surface area contributed by atoms with Crippen molar-refractivity contribution in [1.82, 2.24) is 0 Å². The van der Waals surface area contributed by atoms with Gasteiger partial charge < -0.3 is 5.73 Å². The third-order valence-corrected chi connectivity index (χ3v) is 7.52. The molecule has 0 aromatic carbocycles. The van der Waals surface area contributed by atoms with Gasteiger partial charge in [-0.05, 0) is 62.2 Å². The van der Waals surface area contributed by atoms with E-state index in [1.807, 2.05) is 0 Å². The van der Waals surface area contributed by atoms with Crippen LogP contribution in [0.1, 0.15) is 58.3 Å². The third-order valence-electron chi connectivity index (χ3n) is 7.52. The number of rotatable bonds is 1. The summed E-state index contributed by atoms with van der Waals surface area (Å²) in [5, 5.41) is 0. The van der Waals surface area contributed by atoms with Crippen LogP contribution < -0.4 is 5.73 Å². The fourth-order valence-electron chi connectivity index (χ4n) is 6.16. The molecule has 3 fully saturated rings. The molecular formula is C19H28FN. The van der Waals surface area contributed by atoms with E-state index in [9.17, 15) is 4.39 Å². The predicted octanol–water partition coefficient (Wildman–Crippen LogP) is 4.54. The van der Waals surface area contributed by atoms with Crippen molar-refractivity contribution in [3.05, 3.63) is 23.3 Å². The van der Waals surface area contributed by atoms with Crippen LogP contribution in [0.4, 0.5) is 4.39 Å². The highest BCUT2D eigenvalue weighted by molar-refractivity contribution is 5.38. The minimum Gasteiger partial charge on any atom is -0.327 e. The molecule has 0 spiro atoms. The molecular weight excluding hydrogens is 261 g/mol. The molecule has 116 valence electrons. The first-order valence-corrected chi connectivity index (χ1v) is 8.84. The molecule has 0 unspecified atom stereocenters. The van der Waals surface area contributed by atoms with Crippen LogP contribution in [0.15, 0.2) is 23.3 Å². The summed E-state index contributed by atoms with van der Waals surface area (Å²) in [7, 11) is 0. The maximum absolute atomic E-state index is 13.9. The Kier molecular flexibility index (Phi) is 3.12. The normalized spacial score (nSPS) is 48.8. The van der Waals surface area contributed by atoms with Gasteiger partial charge in [0.15, 0.2) is 0 Å². The van der Waals surface area contributed by atoms with Crippen molar-refractivity contribution < 1.29 is 4.39 Å². The van der Waals surface area contributed by atoms with E-state index in [4.69, 9.17) is 5.73 Å². The van der Waals surface area contributed by atoms with Gasteiger partial charge >= 0.3 is 0 Å². The Hall–Kier alpha value is -0.630. The highest BCUT2D eigenvalue weighted by atomic mass is 19.1. The number of hydrogen-bond donors (Lipinski definition) is 1. The molecule has 21 heavy (non-hydrogen) atoms. The standard InChI is InChI=1S/C19H28FN/c1-18-10-3-2-4-13(18)5-6-14-15(18)9-11-19(12-20)16(14)7-8-17(19)21/h5-6,15-17H,2-4,7-12,21H2,1H3/t15-,16-,17+,18-,19+/m0/s1. The van der Waals surface area contributed by atoms with E-state index in [0.717, 1.165) is 25.7 Å². The highest BCUT2D eigenvalue weighted by Gasteiger charge is 2.57. The first-order valence-electron chi connectivity index (χ1n) is 8.84. The van der Waals surface area contributed by atoms with Crippen LogP contribution in [0.3, 0.4) is 0 Å². The average Bonchev–Trinajstić information content (AvgIpc) is 2.84. The van der Waals surface area contributed by atoms with Gasteiger partial charge in [-0.2, -0.15) is 0 Å². The SMILES string of the molecule is C[C@]12CCCCC1=CC=C1[C@@H]3CC[C@@H](N)[C@@]3(CF)CC[C@@H]12. The second kappa shape index (κ2) is 4.68. The molecule has 4 aliphatic rings. The van der Waals surface area contributed by atoms with E-state index in [0.29, 0.717) is 17.3 Å². The molecule has 1 nitrogen and oxygen atoms in total. The van der Waals surface area contributed by atoms with Gasteiger partial charge in [0.05, 0.1) is 6.67 Å². The summed E-state index contributed by atoms with van der Waals surface area (Å²) in [6, 6.07) is 0.0684. The van der Waals surface area contributed by atoms with Gasteiger partial charge in [-0.3, -0.25) is 4.39 Å². The maximum Gasteiger partial charge on any atom is 0.0971 e. The molecule has 0 aromatic rings. The van der Waals surface area contributed by atoms with E-state index < -0.39 is 0 Å². The summed E-state index contributed by atoms with van der Waals surface area (Å²) in [6.07, 6.45) is 14.3. The van der Waals surface area contributed by atoms with Gasteiger partial charge in [-0.15, -0.1) is 0 Å². The van der Waals surface area contributed by atoms with Crippen LogP contribution in [-0.4, -0.2) is 12.7 Å². The smallest absolute Gasteiger partial charge is 0.0971 e. The van der Waals surface area contributed by atoms with Crippen molar-refractivity contribution in [3.63, 3.8) is 0 Å². The van der Waals surface area contributed by atoms with Gasteiger partial charge in [0.1, 0.15) is 0 Å². The minimum absolute atomic E-state index is 0.0684. The summed E-state index contributed by atoms with van der Waals surface area (Å²) < 4.78 is 13.9. The van der Waals surface area contributed by atoms with E-state index in [1.165, 1.54) is 25.7 Å². The third kappa shape index (κ3) is 1.72. The Morgan fingerprint density at radius 3 is 2.81 bits per heavy atom. The molecule has 0 saturated heterocycles. The average molecular weight is 289 g/mol. The van der Waals surface area contributed by atoms with E-state index in [2.05, 4.69) is 19.1 Å². The number of fused-ring (bicyclic) bond motifs is 5. The number of halogens is 1. The quantitative estimate of drug-likeness (QED) is 0.753. The lowest BCUT2D eigenvalue weighted by atomic mass is 9.51. The molecule has 0 radical (unpaired) electrons. The molecule has 0 bridgehead atoms. The Balaban J connectivity index is 1.76. The van der Waals surface area contributed by atoms with E-state index in [-0.39, 0.29) is 18.1 Å². The predicted molar refractivity (Wildman–Crippen MR) is 84.6 cm³/mol. The zero-order valence-electron chi connectivity index (χ0n) is 13.2. The monoisotopic (exact) mass is 289 g/mol. The van der Waals surface area contributed by atoms with Crippen LogP contribution in [0.25, 0.3) is 0 Å². The molecule has 4 rings (SSSR count). The van der Waals surface area contributed by atoms with Crippen LogP contribution in [0.5, 0.6) is 0 Å². The molecule has 0 amide bonds. The lowest BCUT2D eigenvalue weighted by Crippen LogP contribution is -2.50. The molecule has 0 aliphatic heterocycles. The van der Waals surface area contributed by atoms with Crippen molar-refractivity contribution in [1.29, 1.82) is 0 Å². The highest BCUT2D eigenvalue weighted by Crippen LogP contribution is 2.63. The van der Waals surface area contributed by atoms with E-state index in [1.54, 1.807) is 11.1 Å². The second-order valence-electron chi connectivity index (χ2n) is 8.18. The summed E-state index contributed by atoms with van der Waals surface area (Å²) in [5.41, 5.74) is 9.68. The number of allylic oxidation sites excluding steroid dienone is 4. The van der Waals surface area contributed by atoms with Crippen molar-refractivity contribution in [2.75, 3.05) is 6.67 Å². The fourth-order valence-corrected chi connectivity index (χ4v) is 6.16. The largest absolute Gasteiger partial charge is 0.327 e. The molecule has 4 aliphatic carbocycles. The first kappa shape index (κ1) is 14.0.